The first-order valence-corrected chi connectivity index (χ1v) is 7.41. The van der Waals surface area contributed by atoms with Crippen LogP contribution in [-0.4, -0.2) is 30.1 Å². The molecule has 2 aromatic rings. The van der Waals surface area contributed by atoms with Gasteiger partial charge in [-0.3, -0.25) is 10.9 Å². The van der Waals surface area contributed by atoms with E-state index in [-0.39, 0.29) is 10.3 Å². The Morgan fingerprint density at radius 1 is 1.17 bits per heavy atom. The first-order chi connectivity index (χ1) is 10.8. The van der Waals surface area contributed by atoms with E-state index in [4.69, 9.17) is 23.2 Å². The number of aryl methyl sites for hydroxylation is 1. The number of halogens is 2. The lowest BCUT2D eigenvalue weighted by atomic mass is 10.2. The Hall–Kier alpha value is -2.25. The predicted molar refractivity (Wildman–Crippen MR) is 93.3 cm³/mol. The zero-order valence-corrected chi connectivity index (χ0v) is 14.3. The van der Waals surface area contributed by atoms with E-state index in [1.807, 2.05) is 32.0 Å². The van der Waals surface area contributed by atoms with Gasteiger partial charge in [-0.2, -0.15) is 0 Å². The molecule has 2 heterocycles. The Balaban J connectivity index is 1.95. The molecule has 0 aliphatic heterocycles. The maximum absolute atomic E-state index is 11.8. The lowest BCUT2D eigenvalue weighted by Crippen LogP contribution is -2.34. The summed E-state index contributed by atoms with van der Waals surface area (Å²) >= 11 is 11.5. The minimum absolute atomic E-state index is 0.192. The van der Waals surface area contributed by atoms with Gasteiger partial charge < -0.3 is 10.2 Å². The molecule has 0 saturated carbocycles. The van der Waals surface area contributed by atoms with Gasteiger partial charge in [0.1, 0.15) is 16.1 Å². The molecule has 0 atom stereocenters. The first-order valence-electron chi connectivity index (χ1n) is 6.65. The monoisotopic (exact) mass is 354 g/mol. The second kappa shape index (κ2) is 7.34. The molecule has 2 amide bonds. The van der Waals surface area contributed by atoms with Crippen LogP contribution in [0, 0.1) is 6.92 Å². The fraction of sp³-hybridized carbons (Fsp3) is 0.214. The molecule has 23 heavy (non-hydrogen) atoms. The number of rotatable bonds is 4. The molecule has 122 valence electrons. The van der Waals surface area contributed by atoms with E-state index in [1.165, 1.54) is 12.1 Å². The Labute approximate surface area is 144 Å². The van der Waals surface area contributed by atoms with E-state index in [9.17, 15) is 4.79 Å². The summed E-state index contributed by atoms with van der Waals surface area (Å²) in [5.41, 5.74) is 7.67. The van der Waals surface area contributed by atoms with Crippen molar-refractivity contribution in [2.75, 3.05) is 29.7 Å². The largest absolute Gasteiger partial charge is 0.376 e. The molecule has 0 radical (unpaired) electrons. The standard InChI is InChI=1S/C14H16Cl2N6O/c1-8-4-13(17-7-10(8)22(2)3)20-21-14(23)18-9-5-11(15)19-12(16)6-9/h4-7H,1-3H3,(H,17,20)(H2,18,19,21,23). The van der Waals surface area contributed by atoms with Crippen LogP contribution in [0.1, 0.15) is 5.56 Å². The number of hydrogen-bond donors (Lipinski definition) is 3. The van der Waals surface area contributed by atoms with Crippen molar-refractivity contribution in [2.24, 2.45) is 0 Å². The maximum Gasteiger partial charge on any atom is 0.337 e. The van der Waals surface area contributed by atoms with Gasteiger partial charge in [0, 0.05) is 19.8 Å². The summed E-state index contributed by atoms with van der Waals surface area (Å²) in [6, 6.07) is 4.32. The molecule has 0 bridgehead atoms. The van der Waals surface area contributed by atoms with Crippen LogP contribution in [0.2, 0.25) is 10.3 Å². The highest BCUT2D eigenvalue weighted by Gasteiger charge is 2.06. The van der Waals surface area contributed by atoms with Crippen molar-refractivity contribution in [3.8, 4) is 0 Å². The van der Waals surface area contributed by atoms with Crippen LogP contribution in [0.15, 0.2) is 24.4 Å². The third-order valence-corrected chi connectivity index (χ3v) is 3.28. The van der Waals surface area contributed by atoms with Crippen LogP contribution in [0.25, 0.3) is 0 Å². The second-order valence-corrected chi connectivity index (χ2v) is 5.73. The number of aromatic nitrogens is 2. The van der Waals surface area contributed by atoms with E-state index in [2.05, 4.69) is 26.1 Å². The Kier molecular flexibility index (Phi) is 5.46. The lowest BCUT2D eigenvalue weighted by molar-refractivity contribution is 0.254. The Morgan fingerprint density at radius 3 is 2.39 bits per heavy atom. The van der Waals surface area contributed by atoms with Crippen molar-refractivity contribution < 1.29 is 4.79 Å². The second-order valence-electron chi connectivity index (χ2n) is 4.96. The molecule has 9 heteroatoms. The summed E-state index contributed by atoms with van der Waals surface area (Å²) < 4.78 is 0. The van der Waals surface area contributed by atoms with E-state index in [0.717, 1.165) is 11.3 Å². The van der Waals surface area contributed by atoms with Crippen molar-refractivity contribution in [3.63, 3.8) is 0 Å². The highest BCUT2D eigenvalue weighted by Crippen LogP contribution is 2.19. The SMILES string of the molecule is Cc1cc(NNC(=O)Nc2cc(Cl)nc(Cl)c2)ncc1N(C)C. The number of nitrogens with zero attached hydrogens (tertiary/aromatic N) is 3. The van der Waals surface area contributed by atoms with Crippen molar-refractivity contribution >= 4 is 46.4 Å². The number of urea groups is 1. The number of hydrogen-bond acceptors (Lipinski definition) is 5. The number of carbonyl (C=O) groups is 1. The smallest absolute Gasteiger partial charge is 0.337 e. The quantitative estimate of drug-likeness (QED) is 0.579. The van der Waals surface area contributed by atoms with E-state index in [0.29, 0.717) is 11.5 Å². The minimum Gasteiger partial charge on any atom is -0.376 e. The van der Waals surface area contributed by atoms with Crippen molar-refractivity contribution in [3.05, 3.63) is 40.3 Å². The normalized spacial score (nSPS) is 10.1. The van der Waals surface area contributed by atoms with E-state index in [1.54, 1.807) is 6.20 Å². The van der Waals surface area contributed by atoms with Gasteiger partial charge in [-0.15, -0.1) is 0 Å². The molecule has 0 saturated heterocycles. The fourth-order valence-electron chi connectivity index (χ4n) is 1.91. The molecule has 0 aromatic carbocycles. The molecule has 7 nitrogen and oxygen atoms in total. The van der Waals surface area contributed by atoms with E-state index < -0.39 is 6.03 Å². The zero-order chi connectivity index (χ0) is 17.0. The number of pyridine rings is 2. The summed E-state index contributed by atoms with van der Waals surface area (Å²) in [6.45, 7) is 1.96. The maximum atomic E-state index is 11.8. The summed E-state index contributed by atoms with van der Waals surface area (Å²) in [5.74, 6) is 0.522. The van der Waals surface area contributed by atoms with Crippen LogP contribution >= 0.6 is 23.2 Å². The number of nitrogens with one attached hydrogen (secondary N) is 3. The fourth-order valence-corrected chi connectivity index (χ4v) is 2.37. The molecule has 0 aliphatic carbocycles. The average Bonchev–Trinajstić information content (AvgIpc) is 2.43. The molecule has 3 N–H and O–H groups in total. The van der Waals surface area contributed by atoms with Gasteiger partial charge in [0.15, 0.2) is 0 Å². The van der Waals surface area contributed by atoms with Crippen LogP contribution in [0.3, 0.4) is 0 Å². The van der Waals surface area contributed by atoms with Crippen LogP contribution in [0.5, 0.6) is 0 Å². The molecule has 0 unspecified atom stereocenters. The number of amides is 2. The summed E-state index contributed by atoms with van der Waals surface area (Å²) in [7, 11) is 3.88. The van der Waals surface area contributed by atoms with Crippen molar-refractivity contribution in [1.29, 1.82) is 0 Å². The Morgan fingerprint density at radius 2 is 1.83 bits per heavy atom. The predicted octanol–water partition coefficient (Wildman–Crippen LogP) is 3.31. The molecule has 2 aromatic heterocycles. The van der Waals surface area contributed by atoms with Gasteiger partial charge >= 0.3 is 6.03 Å². The van der Waals surface area contributed by atoms with E-state index >= 15 is 0 Å². The van der Waals surface area contributed by atoms with Gasteiger partial charge in [-0.1, -0.05) is 23.2 Å². The van der Waals surface area contributed by atoms with Crippen molar-refractivity contribution in [2.45, 2.75) is 6.92 Å². The van der Waals surface area contributed by atoms with Crippen LogP contribution in [-0.2, 0) is 0 Å². The Bertz CT molecular complexity index is 702. The highest BCUT2D eigenvalue weighted by atomic mass is 35.5. The van der Waals surface area contributed by atoms with Gasteiger partial charge in [-0.25, -0.2) is 14.8 Å². The third kappa shape index (κ3) is 4.87. The number of hydrazine groups is 1. The molecular formula is C14H16Cl2N6O. The molecular weight excluding hydrogens is 339 g/mol. The van der Waals surface area contributed by atoms with Gasteiger partial charge in [0.25, 0.3) is 0 Å². The number of anilines is 3. The molecule has 0 fully saturated rings. The van der Waals surface area contributed by atoms with Gasteiger partial charge in [-0.05, 0) is 30.7 Å². The third-order valence-electron chi connectivity index (χ3n) is 2.89. The van der Waals surface area contributed by atoms with Gasteiger partial charge in [0.05, 0.1) is 11.9 Å². The molecule has 0 aliphatic rings. The summed E-state index contributed by atoms with van der Waals surface area (Å²) in [4.78, 5) is 21.8. The topological polar surface area (TPSA) is 82.2 Å². The molecule has 0 spiro atoms. The minimum atomic E-state index is -0.487. The summed E-state index contributed by atoms with van der Waals surface area (Å²) in [6.07, 6.45) is 1.72. The van der Waals surface area contributed by atoms with Gasteiger partial charge in [0.2, 0.25) is 0 Å². The zero-order valence-electron chi connectivity index (χ0n) is 12.8. The van der Waals surface area contributed by atoms with Crippen molar-refractivity contribution in [1.82, 2.24) is 15.4 Å². The molecule has 2 rings (SSSR count). The summed E-state index contributed by atoms with van der Waals surface area (Å²) in [5, 5.41) is 2.96. The van der Waals surface area contributed by atoms with Crippen LogP contribution in [0.4, 0.5) is 22.0 Å². The highest BCUT2D eigenvalue weighted by molar-refractivity contribution is 6.32. The van der Waals surface area contributed by atoms with Crippen LogP contribution < -0.4 is 21.1 Å². The number of carbonyl (C=O) groups excluding carboxylic acids is 1. The lowest BCUT2D eigenvalue weighted by Gasteiger charge is -2.16. The average molecular weight is 355 g/mol. The first kappa shape index (κ1) is 17.1.